The Morgan fingerprint density at radius 1 is 1.25 bits per heavy atom. The van der Waals surface area contributed by atoms with E-state index in [9.17, 15) is 9.59 Å². The molecule has 0 aliphatic rings. The van der Waals surface area contributed by atoms with Gasteiger partial charge >= 0.3 is 0 Å². The Morgan fingerprint density at radius 2 is 1.81 bits per heavy atom. The Balaban J connectivity index is 4.48. The van der Waals surface area contributed by atoms with Crippen LogP contribution in [0.15, 0.2) is 0 Å². The third-order valence-electron chi connectivity index (χ3n) is 2.27. The van der Waals surface area contributed by atoms with E-state index >= 15 is 0 Å². The Hall–Kier alpha value is -1.10. The van der Waals surface area contributed by atoms with Crippen LogP contribution in [0.4, 0.5) is 0 Å². The highest BCUT2D eigenvalue weighted by molar-refractivity contribution is 5.84. The molecule has 1 unspecified atom stereocenters. The molecule has 0 aromatic heterocycles. The first-order valence-corrected chi connectivity index (χ1v) is 5.65. The predicted molar refractivity (Wildman–Crippen MR) is 63.4 cm³/mol. The van der Waals surface area contributed by atoms with Crippen LogP contribution < -0.4 is 11.5 Å². The lowest BCUT2D eigenvalue weighted by Crippen LogP contribution is -2.43. The van der Waals surface area contributed by atoms with E-state index in [0.29, 0.717) is 25.4 Å². The summed E-state index contributed by atoms with van der Waals surface area (Å²) in [6.07, 6.45) is 0.631. The van der Waals surface area contributed by atoms with E-state index in [1.54, 1.807) is 0 Å². The molecule has 0 spiro atoms. The molecule has 4 N–H and O–H groups in total. The first kappa shape index (κ1) is 14.9. The summed E-state index contributed by atoms with van der Waals surface area (Å²) in [6.45, 7) is 6.83. The van der Waals surface area contributed by atoms with Crippen LogP contribution in [0.2, 0.25) is 0 Å². The Bertz CT molecular complexity index is 241. The van der Waals surface area contributed by atoms with E-state index in [-0.39, 0.29) is 18.4 Å². The van der Waals surface area contributed by atoms with Crippen LogP contribution in [0.1, 0.15) is 27.2 Å². The molecule has 0 aromatic carbocycles. The molecular weight excluding hydrogens is 206 g/mol. The van der Waals surface area contributed by atoms with Crippen LogP contribution in [-0.4, -0.2) is 36.3 Å². The molecule has 1 atom stereocenters. The second-order valence-corrected chi connectivity index (χ2v) is 4.56. The molecule has 0 fully saturated rings. The summed E-state index contributed by atoms with van der Waals surface area (Å²) < 4.78 is 0. The molecule has 0 rings (SSSR count). The number of carbonyl (C=O) groups excluding carboxylic acids is 2. The lowest BCUT2D eigenvalue weighted by atomic mass is 10.1. The van der Waals surface area contributed by atoms with Gasteiger partial charge in [-0.2, -0.15) is 0 Å². The van der Waals surface area contributed by atoms with Gasteiger partial charge in [0.15, 0.2) is 0 Å². The normalized spacial score (nSPS) is 12.6. The molecule has 5 heteroatoms. The third kappa shape index (κ3) is 5.70. The summed E-state index contributed by atoms with van der Waals surface area (Å²) in [5.41, 5.74) is 10.5. The first-order chi connectivity index (χ1) is 7.38. The molecule has 0 heterocycles. The second-order valence-electron chi connectivity index (χ2n) is 4.56. The smallest absolute Gasteiger partial charge is 0.237 e. The molecule has 2 amide bonds. The van der Waals surface area contributed by atoms with Crippen LogP contribution in [0, 0.1) is 11.8 Å². The van der Waals surface area contributed by atoms with E-state index in [1.165, 1.54) is 4.90 Å². The van der Waals surface area contributed by atoms with E-state index in [1.807, 2.05) is 20.8 Å². The first-order valence-electron chi connectivity index (χ1n) is 5.65. The minimum Gasteiger partial charge on any atom is -0.368 e. The number of nitrogens with two attached hydrogens (primary N) is 2. The van der Waals surface area contributed by atoms with Crippen molar-refractivity contribution in [3.05, 3.63) is 0 Å². The summed E-state index contributed by atoms with van der Waals surface area (Å²) in [4.78, 5) is 24.4. The number of carbonyl (C=O) groups is 2. The van der Waals surface area contributed by atoms with Crippen molar-refractivity contribution in [2.24, 2.45) is 23.3 Å². The van der Waals surface area contributed by atoms with Crippen molar-refractivity contribution in [2.45, 2.75) is 27.2 Å². The predicted octanol–water partition coefficient (Wildman–Crippen LogP) is -0.0588. The molecular formula is C11H23N3O2. The molecule has 94 valence electrons. The summed E-state index contributed by atoms with van der Waals surface area (Å²) in [7, 11) is 0. The molecule has 0 aliphatic heterocycles. The SMILES string of the molecule is CC(C)CN(CC(N)=O)C(=O)C(C)CCN. The monoisotopic (exact) mass is 229 g/mol. The zero-order chi connectivity index (χ0) is 12.7. The minimum atomic E-state index is -0.478. The fourth-order valence-corrected chi connectivity index (χ4v) is 1.55. The van der Waals surface area contributed by atoms with Gasteiger partial charge in [0, 0.05) is 12.5 Å². The van der Waals surface area contributed by atoms with Gasteiger partial charge in [-0.15, -0.1) is 0 Å². The number of primary amides is 1. The quantitative estimate of drug-likeness (QED) is 0.641. The fraction of sp³-hybridized carbons (Fsp3) is 0.818. The number of rotatable bonds is 7. The van der Waals surface area contributed by atoms with Crippen molar-refractivity contribution < 1.29 is 9.59 Å². The fourth-order valence-electron chi connectivity index (χ4n) is 1.55. The van der Waals surface area contributed by atoms with Crippen molar-refractivity contribution in [3.8, 4) is 0 Å². The average molecular weight is 229 g/mol. The third-order valence-corrected chi connectivity index (χ3v) is 2.27. The van der Waals surface area contributed by atoms with Crippen molar-refractivity contribution in [2.75, 3.05) is 19.6 Å². The van der Waals surface area contributed by atoms with E-state index in [2.05, 4.69) is 0 Å². The van der Waals surface area contributed by atoms with Gasteiger partial charge in [-0.1, -0.05) is 20.8 Å². The molecule has 16 heavy (non-hydrogen) atoms. The lowest BCUT2D eigenvalue weighted by Gasteiger charge is -2.26. The van der Waals surface area contributed by atoms with Crippen LogP contribution in [0.3, 0.4) is 0 Å². The highest BCUT2D eigenvalue weighted by Gasteiger charge is 2.21. The summed E-state index contributed by atoms with van der Waals surface area (Å²) >= 11 is 0. The molecule has 0 aliphatic carbocycles. The summed E-state index contributed by atoms with van der Waals surface area (Å²) in [6, 6.07) is 0. The number of hydrogen-bond acceptors (Lipinski definition) is 3. The largest absolute Gasteiger partial charge is 0.368 e. The van der Waals surface area contributed by atoms with Crippen molar-refractivity contribution in [1.29, 1.82) is 0 Å². The molecule has 0 radical (unpaired) electrons. The summed E-state index contributed by atoms with van der Waals surface area (Å²) in [5, 5.41) is 0. The average Bonchev–Trinajstić information content (AvgIpc) is 2.14. The maximum atomic E-state index is 12.0. The van der Waals surface area contributed by atoms with Crippen LogP contribution >= 0.6 is 0 Å². The van der Waals surface area contributed by atoms with Gasteiger partial charge in [-0.25, -0.2) is 0 Å². The lowest BCUT2D eigenvalue weighted by molar-refractivity contribution is -0.139. The number of amides is 2. The van der Waals surface area contributed by atoms with Crippen molar-refractivity contribution in [1.82, 2.24) is 4.90 Å². The molecule has 0 saturated carbocycles. The Morgan fingerprint density at radius 3 is 2.19 bits per heavy atom. The Kier molecular flexibility index (Phi) is 6.72. The highest BCUT2D eigenvalue weighted by atomic mass is 16.2. The van der Waals surface area contributed by atoms with Crippen molar-refractivity contribution >= 4 is 11.8 Å². The van der Waals surface area contributed by atoms with E-state index < -0.39 is 5.91 Å². The Labute approximate surface area is 97.2 Å². The van der Waals surface area contributed by atoms with Gasteiger partial charge in [0.1, 0.15) is 0 Å². The van der Waals surface area contributed by atoms with Gasteiger partial charge in [0.2, 0.25) is 11.8 Å². The van der Waals surface area contributed by atoms with Gasteiger partial charge in [0.05, 0.1) is 6.54 Å². The second kappa shape index (κ2) is 7.22. The number of nitrogens with zero attached hydrogens (tertiary/aromatic N) is 1. The van der Waals surface area contributed by atoms with Gasteiger partial charge in [0.25, 0.3) is 0 Å². The topological polar surface area (TPSA) is 89.4 Å². The zero-order valence-corrected chi connectivity index (χ0v) is 10.4. The van der Waals surface area contributed by atoms with Crippen LogP contribution in [-0.2, 0) is 9.59 Å². The summed E-state index contributed by atoms with van der Waals surface area (Å²) in [5.74, 6) is -0.358. The van der Waals surface area contributed by atoms with Crippen molar-refractivity contribution in [3.63, 3.8) is 0 Å². The molecule has 0 saturated heterocycles. The highest BCUT2D eigenvalue weighted by Crippen LogP contribution is 2.08. The van der Waals surface area contributed by atoms with Gasteiger partial charge < -0.3 is 16.4 Å². The maximum Gasteiger partial charge on any atom is 0.237 e. The minimum absolute atomic E-state index is 0.00801. The zero-order valence-electron chi connectivity index (χ0n) is 10.4. The maximum absolute atomic E-state index is 12.0. The van der Waals surface area contributed by atoms with E-state index in [0.717, 1.165) is 0 Å². The molecule has 0 aromatic rings. The van der Waals surface area contributed by atoms with Gasteiger partial charge in [-0.05, 0) is 18.9 Å². The standard InChI is InChI=1S/C11H23N3O2/c1-8(2)6-14(7-10(13)15)11(16)9(3)4-5-12/h8-9H,4-7,12H2,1-3H3,(H2,13,15). The van der Waals surface area contributed by atoms with Crippen LogP contribution in [0.5, 0.6) is 0 Å². The van der Waals surface area contributed by atoms with Gasteiger partial charge in [-0.3, -0.25) is 9.59 Å². The molecule has 5 nitrogen and oxygen atoms in total. The number of hydrogen-bond donors (Lipinski definition) is 2. The van der Waals surface area contributed by atoms with Crippen LogP contribution in [0.25, 0.3) is 0 Å². The van der Waals surface area contributed by atoms with E-state index in [4.69, 9.17) is 11.5 Å². The molecule has 0 bridgehead atoms.